The maximum Gasteiger partial charge on any atom is 0.239 e. The van der Waals surface area contributed by atoms with Crippen LogP contribution in [-0.2, 0) is 16.1 Å². The fraction of sp³-hybridized carbons (Fsp3) is 0.238. The summed E-state index contributed by atoms with van der Waals surface area (Å²) in [5, 5.41) is 8.08. The van der Waals surface area contributed by atoms with Gasteiger partial charge in [0.05, 0.1) is 31.9 Å². The Kier molecular flexibility index (Phi) is 7.00. The molecule has 0 saturated carbocycles. The summed E-state index contributed by atoms with van der Waals surface area (Å²) in [6, 6.07) is 17.5. The molecule has 1 aromatic carbocycles. The van der Waals surface area contributed by atoms with Crippen molar-refractivity contribution >= 4 is 23.2 Å². The number of amides is 2. The second-order valence-electron chi connectivity index (χ2n) is 6.35. The van der Waals surface area contributed by atoms with Crippen LogP contribution in [0.25, 0.3) is 0 Å². The maximum absolute atomic E-state index is 12.5. The number of nitrogens with one attached hydrogen (secondary N) is 2. The lowest BCUT2D eigenvalue weighted by Gasteiger charge is -2.21. The Bertz CT molecular complexity index is 864. The first-order chi connectivity index (χ1) is 13.6. The molecular weight excluding hydrogens is 374 g/mol. The highest BCUT2D eigenvalue weighted by Crippen LogP contribution is 2.25. The average molecular weight is 398 g/mol. The summed E-state index contributed by atoms with van der Waals surface area (Å²) < 4.78 is 5.17. The fourth-order valence-corrected chi connectivity index (χ4v) is 3.59. The van der Waals surface area contributed by atoms with Gasteiger partial charge in [0.25, 0.3) is 0 Å². The second kappa shape index (κ2) is 9.87. The molecule has 3 aromatic rings. The molecule has 0 radical (unpaired) electrons. The van der Waals surface area contributed by atoms with Crippen molar-refractivity contribution in [2.24, 2.45) is 0 Å². The number of nitrogens with zero attached hydrogens (tertiary/aromatic N) is 1. The first-order valence-corrected chi connectivity index (χ1v) is 9.86. The van der Waals surface area contributed by atoms with Gasteiger partial charge in [0.2, 0.25) is 11.8 Å². The molecule has 0 bridgehead atoms. The minimum atomic E-state index is -0.231. The van der Waals surface area contributed by atoms with Crippen LogP contribution in [0.4, 0.5) is 0 Å². The van der Waals surface area contributed by atoms with Crippen LogP contribution < -0.4 is 10.6 Å². The van der Waals surface area contributed by atoms with Gasteiger partial charge in [-0.25, -0.2) is 0 Å². The molecule has 1 atom stereocenters. The van der Waals surface area contributed by atoms with E-state index in [0.29, 0.717) is 12.3 Å². The van der Waals surface area contributed by atoms with Crippen LogP contribution in [0.5, 0.6) is 0 Å². The van der Waals surface area contributed by atoms with Gasteiger partial charge in [-0.15, -0.1) is 11.3 Å². The summed E-state index contributed by atoms with van der Waals surface area (Å²) in [5.74, 6) is 0.293. The zero-order valence-corrected chi connectivity index (χ0v) is 16.4. The standard InChI is InChI=1S/C21H23N3O3S/c1-24(15-19(25)22-13-17-9-5-11-27-17)20(26)14-23-21(18-10-6-12-28-18)16-7-3-2-4-8-16/h2-12,21,23H,13-15H2,1H3,(H,22,25)/t21-/m0/s1. The van der Waals surface area contributed by atoms with E-state index in [1.165, 1.54) is 4.90 Å². The van der Waals surface area contributed by atoms with Gasteiger partial charge >= 0.3 is 0 Å². The number of rotatable bonds is 9. The number of carbonyl (C=O) groups excluding carboxylic acids is 2. The van der Waals surface area contributed by atoms with Gasteiger partial charge in [0.1, 0.15) is 5.76 Å². The van der Waals surface area contributed by atoms with Crippen LogP contribution in [0.1, 0.15) is 22.2 Å². The summed E-state index contributed by atoms with van der Waals surface area (Å²) in [5.41, 5.74) is 1.09. The minimum absolute atomic E-state index is 0.00374. The lowest BCUT2D eigenvalue weighted by molar-refractivity contribution is -0.134. The van der Waals surface area contributed by atoms with E-state index in [2.05, 4.69) is 10.6 Å². The fourth-order valence-electron chi connectivity index (χ4n) is 2.77. The van der Waals surface area contributed by atoms with Crippen molar-refractivity contribution in [2.45, 2.75) is 12.6 Å². The Labute approximate surface area is 168 Å². The maximum atomic E-state index is 12.5. The zero-order chi connectivity index (χ0) is 19.8. The number of hydrogen-bond donors (Lipinski definition) is 2. The van der Waals surface area contributed by atoms with Gasteiger partial charge in [0, 0.05) is 11.9 Å². The number of hydrogen-bond acceptors (Lipinski definition) is 5. The first-order valence-electron chi connectivity index (χ1n) is 8.98. The Balaban J connectivity index is 1.51. The monoisotopic (exact) mass is 397 g/mol. The van der Waals surface area contributed by atoms with E-state index in [9.17, 15) is 9.59 Å². The molecule has 0 unspecified atom stereocenters. The summed E-state index contributed by atoms with van der Waals surface area (Å²) in [6.07, 6.45) is 1.56. The van der Waals surface area contributed by atoms with Crippen molar-refractivity contribution in [3.8, 4) is 0 Å². The smallest absolute Gasteiger partial charge is 0.239 e. The van der Waals surface area contributed by atoms with Gasteiger partial charge in [0.15, 0.2) is 0 Å². The Morgan fingerprint density at radius 1 is 1.11 bits per heavy atom. The molecule has 0 saturated heterocycles. The lowest BCUT2D eigenvalue weighted by Crippen LogP contribution is -2.42. The zero-order valence-electron chi connectivity index (χ0n) is 15.6. The third-order valence-electron chi connectivity index (χ3n) is 4.26. The van der Waals surface area contributed by atoms with Crippen molar-refractivity contribution < 1.29 is 14.0 Å². The largest absolute Gasteiger partial charge is 0.467 e. The van der Waals surface area contributed by atoms with Gasteiger partial charge in [-0.3, -0.25) is 14.9 Å². The SMILES string of the molecule is CN(CC(=O)NCc1ccco1)C(=O)CN[C@@H](c1ccccc1)c1cccs1. The van der Waals surface area contributed by atoms with E-state index in [-0.39, 0.29) is 30.9 Å². The molecule has 0 aliphatic carbocycles. The summed E-state index contributed by atoms with van der Waals surface area (Å²) in [4.78, 5) is 27.1. The molecule has 28 heavy (non-hydrogen) atoms. The minimum Gasteiger partial charge on any atom is -0.467 e. The van der Waals surface area contributed by atoms with Crippen LogP contribution in [-0.4, -0.2) is 36.9 Å². The molecule has 0 aliphatic rings. The Hall–Kier alpha value is -2.90. The van der Waals surface area contributed by atoms with Crippen LogP contribution >= 0.6 is 11.3 Å². The van der Waals surface area contributed by atoms with E-state index in [1.807, 2.05) is 47.8 Å². The van der Waals surface area contributed by atoms with Crippen molar-refractivity contribution in [3.63, 3.8) is 0 Å². The first kappa shape index (κ1) is 19.9. The normalized spacial score (nSPS) is 11.8. The summed E-state index contributed by atoms with van der Waals surface area (Å²) in [7, 11) is 1.62. The molecule has 0 fully saturated rings. The highest BCUT2D eigenvalue weighted by molar-refractivity contribution is 7.10. The molecular formula is C21H23N3O3S. The number of carbonyl (C=O) groups is 2. The molecule has 2 amide bonds. The van der Waals surface area contributed by atoms with Gasteiger partial charge in [-0.05, 0) is 29.1 Å². The number of benzene rings is 1. The Morgan fingerprint density at radius 2 is 1.93 bits per heavy atom. The molecule has 3 rings (SSSR count). The topological polar surface area (TPSA) is 74.6 Å². The molecule has 2 heterocycles. The summed E-state index contributed by atoms with van der Waals surface area (Å²) in [6.45, 7) is 0.441. The van der Waals surface area contributed by atoms with E-state index < -0.39 is 0 Å². The second-order valence-corrected chi connectivity index (χ2v) is 7.33. The highest BCUT2D eigenvalue weighted by atomic mass is 32.1. The third kappa shape index (κ3) is 5.55. The third-order valence-corrected chi connectivity index (χ3v) is 5.20. The molecule has 146 valence electrons. The Morgan fingerprint density at radius 3 is 2.61 bits per heavy atom. The van der Waals surface area contributed by atoms with E-state index in [1.54, 1.807) is 36.8 Å². The van der Waals surface area contributed by atoms with Crippen molar-refractivity contribution in [1.82, 2.24) is 15.5 Å². The molecule has 0 spiro atoms. The molecule has 7 heteroatoms. The number of likely N-dealkylation sites (N-methyl/N-ethyl adjacent to an activating group) is 1. The van der Waals surface area contributed by atoms with E-state index in [4.69, 9.17) is 4.42 Å². The molecule has 0 aliphatic heterocycles. The van der Waals surface area contributed by atoms with Crippen LogP contribution in [0, 0.1) is 0 Å². The van der Waals surface area contributed by atoms with Gasteiger partial charge < -0.3 is 14.6 Å². The number of thiophene rings is 1. The van der Waals surface area contributed by atoms with Gasteiger partial charge in [-0.2, -0.15) is 0 Å². The molecule has 2 aromatic heterocycles. The van der Waals surface area contributed by atoms with Crippen LogP contribution in [0.15, 0.2) is 70.7 Å². The summed E-state index contributed by atoms with van der Waals surface area (Å²) >= 11 is 1.64. The predicted molar refractivity (Wildman–Crippen MR) is 109 cm³/mol. The number of furan rings is 1. The average Bonchev–Trinajstić information content (AvgIpc) is 3.41. The quantitative estimate of drug-likeness (QED) is 0.582. The molecule has 6 nitrogen and oxygen atoms in total. The van der Waals surface area contributed by atoms with Gasteiger partial charge in [-0.1, -0.05) is 36.4 Å². The lowest BCUT2D eigenvalue weighted by atomic mass is 10.1. The van der Waals surface area contributed by atoms with Crippen molar-refractivity contribution in [2.75, 3.05) is 20.1 Å². The van der Waals surface area contributed by atoms with Crippen molar-refractivity contribution in [1.29, 1.82) is 0 Å². The van der Waals surface area contributed by atoms with Crippen LogP contribution in [0.2, 0.25) is 0 Å². The predicted octanol–water partition coefficient (Wildman–Crippen LogP) is 2.79. The van der Waals surface area contributed by atoms with E-state index >= 15 is 0 Å². The van der Waals surface area contributed by atoms with E-state index in [0.717, 1.165) is 10.4 Å². The molecule has 2 N–H and O–H groups in total. The van der Waals surface area contributed by atoms with Crippen molar-refractivity contribution in [3.05, 3.63) is 82.4 Å². The van der Waals surface area contributed by atoms with Crippen LogP contribution in [0.3, 0.4) is 0 Å². The highest BCUT2D eigenvalue weighted by Gasteiger charge is 2.18.